The molecular weight excluding hydrogens is 414 g/mol. The van der Waals surface area contributed by atoms with Crippen LogP contribution in [-0.4, -0.2) is 45.9 Å². The number of carbonyl (C=O) groups is 1. The van der Waals surface area contributed by atoms with Gasteiger partial charge >= 0.3 is 5.97 Å². The van der Waals surface area contributed by atoms with Crippen LogP contribution in [0.15, 0.2) is 72.1 Å². The van der Waals surface area contributed by atoms with Gasteiger partial charge < -0.3 is 9.67 Å². The third-order valence-electron chi connectivity index (χ3n) is 4.79. The zero-order chi connectivity index (χ0) is 22.4. The van der Waals surface area contributed by atoms with Crippen LogP contribution in [0.2, 0.25) is 0 Å². The first kappa shape index (κ1) is 22.3. The Morgan fingerprint density at radius 3 is 2.19 bits per heavy atom. The number of carboxylic acid groups (broad SMARTS) is 1. The summed E-state index contributed by atoms with van der Waals surface area (Å²) >= 11 is 0. The summed E-state index contributed by atoms with van der Waals surface area (Å²) in [5.74, 6) is 4.84. The van der Waals surface area contributed by atoms with E-state index in [-0.39, 0.29) is 18.0 Å². The molecule has 0 aliphatic carbocycles. The zero-order valence-corrected chi connectivity index (χ0v) is 18.1. The van der Waals surface area contributed by atoms with E-state index in [1.54, 1.807) is 35.4 Å². The van der Waals surface area contributed by atoms with E-state index >= 15 is 0 Å². The molecule has 1 atom stereocenters. The Hall–Kier alpha value is -3.41. The lowest BCUT2D eigenvalue weighted by Gasteiger charge is -2.26. The molecular formula is C23H23N3O4S. The van der Waals surface area contributed by atoms with E-state index < -0.39 is 22.0 Å². The third-order valence-corrected chi connectivity index (χ3v) is 6.77. The first-order chi connectivity index (χ1) is 14.8. The Kier molecular flexibility index (Phi) is 6.90. The van der Waals surface area contributed by atoms with E-state index in [4.69, 9.17) is 0 Å². The molecule has 8 heteroatoms. The van der Waals surface area contributed by atoms with Gasteiger partial charge in [-0.05, 0) is 50.2 Å². The summed E-state index contributed by atoms with van der Waals surface area (Å²) in [5, 5.41) is 9.42. The highest BCUT2D eigenvalue weighted by atomic mass is 32.2. The maximum absolute atomic E-state index is 13.2. The Morgan fingerprint density at radius 2 is 1.68 bits per heavy atom. The fraction of sp³-hybridized carbons (Fsp3) is 0.217. The molecule has 160 valence electrons. The first-order valence-electron chi connectivity index (χ1n) is 9.66. The van der Waals surface area contributed by atoms with Crippen LogP contribution in [0.4, 0.5) is 0 Å². The van der Waals surface area contributed by atoms with Crippen molar-refractivity contribution in [2.75, 3.05) is 6.54 Å². The standard InChI is InChI=1S/C23H23N3O4S/c1-18-3-5-20(6-4-18)7-8-21-9-11-22(12-10-21)31(29,30)26(19(2)23(27)28)16-15-25-14-13-24-17-25/h3-6,9-14,17,19H,15-16H2,1-2H3,(H,27,28)/t19-/m1/s1. The van der Waals surface area contributed by atoms with E-state index in [2.05, 4.69) is 16.8 Å². The lowest BCUT2D eigenvalue weighted by molar-refractivity contribution is -0.140. The first-order valence-corrected chi connectivity index (χ1v) is 11.1. The van der Waals surface area contributed by atoms with Gasteiger partial charge in [0.05, 0.1) is 11.2 Å². The van der Waals surface area contributed by atoms with Crippen LogP contribution < -0.4 is 0 Å². The maximum atomic E-state index is 13.2. The van der Waals surface area contributed by atoms with Crippen molar-refractivity contribution in [2.24, 2.45) is 0 Å². The molecule has 0 fully saturated rings. The van der Waals surface area contributed by atoms with Gasteiger partial charge in [0, 0.05) is 36.6 Å². The fourth-order valence-corrected chi connectivity index (χ4v) is 4.48. The van der Waals surface area contributed by atoms with Crippen LogP contribution in [0.3, 0.4) is 0 Å². The zero-order valence-electron chi connectivity index (χ0n) is 17.3. The van der Waals surface area contributed by atoms with E-state index in [9.17, 15) is 18.3 Å². The number of rotatable bonds is 7. The summed E-state index contributed by atoms with van der Waals surface area (Å²) in [6.07, 6.45) is 4.82. The van der Waals surface area contributed by atoms with Crippen molar-refractivity contribution in [3.63, 3.8) is 0 Å². The van der Waals surface area contributed by atoms with E-state index in [0.717, 1.165) is 15.4 Å². The Bertz CT molecular complexity index is 1190. The normalized spacial score (nSPS) is 12.2. The average molecular weight is 438 g/mol. The molecule has 0 unspecified atom stereocenters. The molecule has 3 aromatic rings. The lowest BCUT2D eigenvalue weighted by atomic mass is 10.1. The van der Waals surface area contributed by atoms with Gasteiger partial charge in [-0.25, -0.2) is 13.4 Å². The van der Waals surface area contributed by atoms with Crippen LogP contribution in [0.5, 0.6) is 0 Å². The van der Waals surface area contributed by atoms with Gasteiger partial charge in [-0.3, -0.25) is 4.79 Å². The summed E-state index contributed by atoms with van der Waals surface area (Å²) in [7, 11) is -4.02. The highest BCUT2D eigenvalue weighted by Gasteiger charge is 2.32. The van der Waals surface area contributed by atoms with Gasteiger partial charge in [-0.2, -0.15) is 4.31 Å². The average Bonchev–Trinajstić information content (AvgIpc) is 3.27. The molecule has 0 radical (unpaired) electrons. The number of carboxylic acids is 1. The third kappa shape index (κ3) is 5.60. The second-order valence-electron chi connectivity index (χ2n) is 7.07. The van der Waals surface area contributed by atoms with Gasteiger partial charge in [0.1, 0.15) is 6.04 Å². The molecule has 0 saturated carbocycles. The number of aryl methyl sites for hydroxylation is 1. The molecule has 0 bridgehead atoms. The Balaban J connectivity index is 1.82. The second-order valence-corrected chi connectivity index (χ2v) is 8.96. The molecule has 3 rings (SSSR count). The minimum Gasteiger partial charge on any atom is -0.480 e. The van der Waals surface area contributed by atoms with Crippen molar-refractivity contribution in [3.8, 4) is 11.8 Å². The van der Waals surface area contributed by atoms with Crippen LogP contribution in [0, 0.1) is 18.8 Å². The van der Waals surface area contributed by atoms with Crippen molar-refractivity contribution < 1.29 is 18.3 Å². The van der Waals surface area contributed by atoms with E-state index in [0.29, 0.717) is 5.56 Å². The number of imidazole rings is 1. The van der Waals surface area contributed by atoms with E-state index in [1.807, 2.05) is 31.2 Å². The summed E-state index contributed by atoms with van der Waals surface area (Å²) in [6, 6.07) is 12.7. The summed E-state index contributed by atoms with van der Waals surface area (Å²) in [5.41, 5.74) is 2.67. The molecule has 2 aromatic carbocycles. The molecule has 1 heterocycles. The summed E-state index contributed by atoms with van der Waals surface area (Å²) in [4.78, 5) is 15.5. The molecule has 0 amide bonds. The molecule has 0 saturated heterocycles. The topological polar surface area (TPSA) is 92.5 Å². The monoisotopic (exact) mass is 437 g/mol. The smallest absolute Gasteiger partial charge is 0.321 e. The predicted molar refractivity (Wildman–Crippen MR) is 117 cm³/mol. The summed E-state index contributed by atoms with van der Waals surface area (Å²) in [6.45, 7) is 3.65. The fourth-order valence-electron chi connectivity index (χ4n) is 2.91. The second kappa shape index (κ2) is 9.60. The lowest BCUT2D eigenvalue weighted by Crippen LogP contribution is -2.44. The van der Waals surface area contributed by atoms with Gasteiger partial charge in [-0.1, -0.05) is 29.5 Å². The largest absolute Gasteiger partial charge is 0.480 e. The Morgan fingerprint density at radius 1 is 1.10 bits per heavy atom. The molecule has 31 heavy (non-hydrogen) atoms. The maximum Gasteiger partial charge on any atom is 0.321 e. The number of aromatic nitrogens is 2. The quantitative estimate of drug-likeness (QED) is 0.574. The van der Waals surface area contributed by atoms with Crippen LogP contribution in [-0.2, 0) is 21.4 Å². The number of sulfonamides is 1. The molecule has 0 spiro atoms. The van der Waals surface area contributed by atoms with Crippen molar-refractivity contribution in [1.82, 2.24) is 13.9 Å². The van der Waals surface area contributed by atoms with Crippen molar-refractivity contribution in [3.05, 3.63) is 83.9 Å². The van der Waals surface area contributed by atoms with Crippen LogP contribution >= 0.6 is 0 Å². The van der Waals surface area contributed by atoms with E-state index in [1.165, 1.54) is 19.1 Å². The van der Waals surface area contributed by atoms with Gasteiger partial charge in [0.2, 0.25) is 10.0 Å². The van der Waals surface area contributed by atoms with Gasteiger partial charge in [0.25, 0.3) is 0 Å². The van der Waals surface area contributed by atoms with Crippen molar-refractivity contribution in [1.29, 1.82) is 0 Å². The molecule has 1 aromatic heterocycles. The number of aliphatic carboxylic acids is 1. The number of hydrogen-bond acceptors (Lipinski definition) is 4. The van der Waals surface area contributed by atoms with Crippen LogP contribution in [0.25, 0.3) is 0 Å². The number of hydrogen-bond donors (Lipinski definition) is 1. The molecule has 0 aliphatic rings. The van der Waals surface area contributed by atoms with Crippen LogP contribution in [0.1, 0.15) is 23.6 Å². The van der Waals surface area contributed by atoms with Gasteiger partial charge in [-0.15, -0.1) is 0 Å². The van der Waals surface area contributed by atoms with Crippen molar-refractivity contribution >= 4 is 16.0 Å². The number of nitrogens with zero attached hydrogens (tertiary/aromatic N) is 3. The minimum absolute atomic E-state index is 0.00113. The number of benzene rings is 2. The minimum atomic E-state index is -4.02. The molecule has 0 aliphatic heterocycles. The molecule has 7 nitrogen and oxygen atoms in total. The van der Waals surface area contributed by atoms with Crippen molar-refractivity contribution in [2.45, 2.75) is 31.3 Å². The predicted octanol–water partition coefficient (Wildman–Crippen LogP) is 2.76. The molecule has 1 N–H and O–H groups in total. The SMILES string of the molecule is Cc1ccc(C#Cc2ccc(S(=O)(=O)N(CCn3ccnc3)[C@H](C)C(=O)O)cc2)cc1. The Labute approximate surface area is 182 Å². The highest BCUT2D eigenvalue weighted by Crippen LogP contribution is 2.19. The highest BCUT2D eigenvalue weighted by molar-refractivity contribution is 7.89. The van der Waals surface area contributed by atoms with Gasteiger partial charge in [0.15, 0.2) is 0 Å². The summed E-state index contributed by atoms with van der Waals surface area (Å²) < 4.78 is 29.0.